The highest BCUT2D eigenvalue weighted by Crippen LogP contribution is 2.30. The number of hydrogen-bond donors (Lipinski definition) is 0. The molecule has 0 aliphatic carbocycles. The van der Waals surface area contributed by atoms with Gasteiger partial charge in [-0.2, -0.15) is 0 Å². The van der Waals surface area contributed by atoms with Gasteiger partial charge >= 0.3 is 0 Å². The number of nitrogens with zero attached hydrogens (tertiary/aromatic N) is 2. The normalized spacial score (nSPS) is 21.3. The molecule has 2 heterocycles. The zero-order valence-electron chi connectivity index (χ0n) is 10.6. The lowest BCUT2D eigenvalue weighted by Gasteiger charge is -2.26. The number of aldehydes is 1. The molecule has 0 radical (unpaired) electrons. The summed E-state index contributed by atoms with van der Waals surface area (Å²) in [7, 11) is 0. The Bertz CT molecular complexity index is 389. The van der Waals surface area contributed by atoms with E-state index in [0.717, 1.165) is 35.0 Å². The molecule has 1 fully saturated rings. The van der Waals surface area contributed by atoms with E-state index >= 15 is 0 Å². The van der Waals surface area contributed by atoms with Gasteiger partial charge in [-0.1, -0.05) is 31.1 Å². The SMILES string of the molecule is CCc1nc(N2CCCCCC2C)sc1C=O. The maximum Gasteiger partial charge on any atom is 0.186 e. The first-order valence-electron chi connectivity index (χ1n) is 6.47. The zero-order chi connectivity index (χ0) is 12.3. The molecule has 0 bridgehead atoms. The number of aromatic nitrogens is 1. The van der Waals surface area contributed by atoms with Crippen LogP contribution < -0.4 is 4.90 Å². The molecular formula is C13H20N2OS. The minimum atomic E-state index is 0.549. The summed E-state index contributed by atoms with van der Waals surface area (Å²) < 4.78 is 0. The van der Waals surface area contributed by atoms with E-state index in [0.29, 0.717) is 6.04 Å². The van der Waals surface area contributed by atoms with Crippen LogP contribution in [0.4, 0.5) is 5.13 Å². The molecule has 2 rings (SSSR count). The Balaban J connectivity index is 2.25. The Hall–Kier alpha value is -0.900. The van der Waals surface area contributed by atoms with Gasteiger partial charge in [0.25, 0.3) is 0 Å². The van der Waals surface area contributed by atoms with Crippen molar-refractivity contribution in [2.75, 3.05) is 11.4 Å². The second-order valence-electron chi connectivity index (χ2n) is 4.67. The minimum Gasteiger partial charge on any atom is -0.345 e. The van der Waals surface area contributed by atoms with Crippen LogP contribution in [-0.2, 0) is 6.42 Å². The van der Waals surface area contributed by atoms with Crippen LogP contribution in [0.2, 0.25) is 0 Å². The van der Waals surface area contributed by atoms with Crippen molar-refractivity contribution in [2.24, 2.45) is 0 Å². The molecule has 0 spiro atoms. The van der Waals surface area contributed by atoms with Crippen molar-refractivity contribution in [3.8, 4) is 0 Å². The van der Waals surface area contributed by atoms with Crippen LogP contribution in [0.5, 0.6) is 0 Å². The van der Waals surface area contributed by atoms with E-state index in [1.807, 2.05) is 0 Å². The van der Waals surface area contributed by atoms with Crippen LogP contribution in [0, 0.1) is 0 Å². The van der Waals surface area contributed by atoms with Crippen LogP contribution >= 0.6 is 11.3 Å². The number of rotatable bonds is 3. The topological polar surface area (TPSA) is 33.2 Å². The Labute approximate surface area is 107 Å². The van der Waals surface area contributed by atoms with Crippen LogP contribution in [-0.4, -0.2) is 23.9 Å². The van der Waals surface area contributed by atoms with Crippen LogP contribution in [0.3, 0.4) is 0 Å². The van der Waals surface area contributed by atoms with E-state index in [-0.39, 0.29) is 0 Å². The van der Waals surface area contributed by atoms with Gasteiger partial charge in [-0.25, -0.2) is 4.98 Å². The number of thiazole rings is 1. The third-order valence-corrected chi connectivity index (χ3v) is 4.52. The highest BCUT2D eigenvalue weighted by molar-refractivity contribution is 7.17. The predicted octanol–water partition coefficient (Wildman–Crippen LogP) is 3.29. The fourth-order valence-electron chi connectivity index (χ4n) is 2.38. The number of hydrogen-bond acceptors (Lipinski definition) is 4. The van der Waals surface area contributed by atoms with Crippen molar-refractivity contribution in [1.82, 2.24) is 4.98 Å². The summed E-state index contributed by atoms with van der Waals surface area (Å²) in [5.41, 5.74) is 0.955. The monoisotopic (exact) mass is 252 g/mol. The second-order valence-corrected chi connectivity index (χ2v) is 5.68. The van der Waals surface area contributed by atoms with Gasteiger partial charge in [-0.15, -0.1) is 0 Å². The molecule has 0 aromatic carbocycles. The number of carbonyl (C=O) groups excluding carboxylic acids is 1. The molecule has 1 aliphatic rings. The molecule has 4 heteroatoms. The van der Waals surface area contributed by atoms with Crippen molar-refractivity contribution in [2.45, 2.75) is 52.0 Å². The van der Waals surface area contributed by atoms with E-state index in [1.165, 1.54) is 25.7 Å². The van der Waals surface area contributed by atoms with E-state index in [1.54, 1.807) is 11.3 Å². The number of anilines is 1. The Kier molecular flexibility index (Phi) is 4.15. The fourth-order valence-corrected chi connectivity index (χ4v) is 3.47. The summed E-state index contributed by atoms with van der Waals surface area (Å²) in [4.78, 5) is 18.8. The zero-order valence-corrected chi connectivity index (χ0v) is 11.4. The molecular weight excluding hydrogens is 232 g/mol. The molecule has 0 saturated carbocycles. The molecule has 1 unspecified atom stereocenters. The Morgan fingerprint density at radius 1 is 1.47 bits per heavy atom. The van der Waals surface area contributed by atoms with Gasteiger partial charge in [0.15, 0.2) is 11.4 Å². The van der Waals surface area contributed by atoms with E-state index in [4.69, 9.17) is 0 Å². The standard InChI is InChI=1S/C13H20N2OS/c1-3-11-12(9-16)17-13(14-11)15-8-6-4-5-7-10(15)2/h9-10H,3-8H2,1-2H3. The average Bonchev–Trinajstić information content (AvgIpc) is 2.64. The van der Waals surface area contributed by atoms with Gasteiger partial charge in [0.2, 0.25) is 0 Å². The quantitative estimate of drug-likeness (QED) is 0.774. The van der Waals surface area contributed by atoms with Gasteiger partial charge in [-0.05, 0) is 26.2 Å². The summed E-state index contributed by atoms with van der Waals surface area (Å²) in [5.74, 6) is 0. The summed E-state index contributed by atoms with van der Waals surface area (Å²) in [6, 6.07) is 0.549. The van der Waals surface area contributed by atoms with Crippen LogP contribution in [0.1, 0.15) is 54.9 Å². The fraction of sp³-hybridized carbons (Fsp3) is 0.692. The molecule has 1 aliphatic heterocycles. The summed E-state index contributed by atoms with van der Waals surface area (Å²) >= 11 is 1.55. The van der Waals surface area contributed by atoms with Gasteiger partial charge < -0.3 is 4.90 Å². The molecule has 1 aromatic heterocycles. The molecule has 94 valence electrons. The van der Waals surface area contributed by atoms with Crippen molar-refractivity contribution in [3.05, 3.63) is 10.6 Å². The second kappa shape index (κ2) is 5.63. The summed E-state index contributed by atoms with van der Waals surface area (Å²) in [6.45, 7) is 5.40. The third-order valence-electron chi connectivity index (χ3n) is 3.46. The summed E-state index contributed by atoms with van der Waals surface area (Å²) in [5, 5.41) is 1.04. The van der Waals surface area contributed by atoms with E-state index < -0.39 is 0 Å². The highest BCUT2D eigenvalue weighted by Gasteiger charge is 2.21. The molecule has 1 aromatic rings. The van der Waals surface area contributed by atoms with Crippen molar-refractivity contribution < 1.29 is 4.79 Å². The number of aryl methyl sites for hydroxylation is 1. The Morgan fingerprint density at radius 2 is 2.29 bits per heavy atom. The third kappa shape index (κ3) is 2.68. The predicted molar refractivity (Wildman–Crippen MR) is 72.2 cm³/mol. The van der Waals surface area contributed by atoms with Gasteiger partial charge in [-0.3, -0.25) is 4.79 Å². The van der Waals surface area contributed by atoms with Crippen molar-refractivity contribution in [1.29, 1.82) is 0 Å². The first-order chi connectivity index (χ1) is 8.26. The average molecular weight is 252 g/mol. The molecule has 17 heavy (non-hydrogen) atoms. The first kappa shape index (κ1) is 12.6. The molecule has 3 nitrogen and oxygen atoms in total. The maximum absolute atomic E-state index is 11.0. The lowest BCUT2D eigenvalue weighted by atomic mass is 10.1. The minimum absolute atomic E-state index is 0.549. The van der Waals surface area contributed by atoms with Gasteiger partial charge in [0.1, 0.15) is 0 Å². The molecule has 1 atom stereocenters. The van der Waals surface area contributed by atoms with Crippen LogP contribution in [0.25, 0.3) is 0 Å². The van der Waals surface area contributed by atoms with E-state index in [2.05, 4.69) is 23.7 Å². The highest BCUT2D eigenvalue weighted by atomic mass is 32.1. The first-order valence-corrected chi connectivity index (χ1v) is 7.29. The molecule has 0 N–H and O–H groups in total. The Morgan fingerprint density at radius 3 is 2.94 bits per heavy atom. The van der Waals surface area contributed by atoms with Crippen molar-refractivity contribution in [3.63, 3.8) is 0 Å². The van der Waals surface area contributed by atoms with Gasteiger partial charge in [0.05, 0.1) is 10.6 Å². The lowest BCUT2D eigenvalue weighted by Crippen LogP contribution is -2.32. The molecule has 0 amide bonds. The lowest BCUT2D eigenvalue weighted by molar-refractivity contribution is 0.112. The smallest absolute Gasteiger partial charge is 0.186 e. The molecule has 1 saturated heterocycles. The van der Waals surface area contributed by atoms with Crippen molar-refractivity contribution >= 4 is 22.8 Å². The maximum atomic E-state index is 11.0. The summed E-state index contributed by atoms with van der Waals surface area (Å²) in [6.07, 6.45) is 6.88. The largest absolute Gasteiger partial charge is 0.345 e. The van der Waals surface area contributed by atoms with E-state index in [9.17, 15) is 4.79 Å². The number of carbonyl (C=O) groups is 1. The van der Waals surface area contributed by atoms with Crippen LogP contribution in [0.15, 0.2) is 0 Å². The van der Waals surface area contributed by atoms with Gasteiger partial charge in [0, 0.05) is 12.6 Å².